The van der Waals surface area contributed by atoms with Gasteiger partial charge in [0, 0.05) is 28.9 Å². The Balaban J connectivity index is 1.35. The molecule has 3 aromatic rings. The van der Waals surface area contributed by atoms with E-state index < -0.39 is 5.92 Å². The number of Topliss-reactive ketones (excluding diaryl/α,β-unsaturated/α-hetero) is 2. The fraction of sp³-hybridized carbons (Fsp3) is 0.212. The smallest absolute Gasteiger partial charge is 0.234 e. The molecule has 8 heteroatoms. The Morgan fingerprint density at radius 2 is 1.83 bits per heavy atom. The summed E-state index contributed by atoms with van der Waals surface area (Å²) in [4.78, 5) is 37.6. The Morgan fingerprint density at radius 1 is 1.05 bits per heavy atom. The van der Waals surface area contributed by atoms with Crippen LogP contribution >= 0.6 is 11.8 Å². The zero-order valence-corrected chi connectivity index (χ0v) is 23.4. The second-order valence-corrected chi connectivity index (χ2v) is 10.9. The van der Waals surface area contributed by atoms with Crippen molar-refractivity contribution < 1.29 is 19.1 Å². The van der Waals surface area contributed by atoms with Crippen molar-refractivity contribution in [1.29, 1.82) is 5.26 Å². The predicted octanol–water partition coefficient (Wildman–Crippen LogP) is 6.27. The molecule has 1 aliphatic carbocycles. The Morgan fingerprint density at radius 3 is 2.56 bits per heavy atom. The molecule has 1 aliphatic heterocycles. The molecule has 206 valence electrons. The Labute approximate surface area is 243 Å². The first-order chi connectivity index (χ1) is 19.9. The molecule has 5 rings (SSSR count). The second-order valence-electron chi connectivity index (χ2n) is 9.90. The van der Waals surface area contributed by atoms with Gasteiger partial charge in [0.2, 0.25) is 5.91 Å². The van der Waals surface area contributed by atoms with Crippen LogP contribution in [0.15, 0.2) is 101 Å². The van der Waals surface area contributed by atoms with E-state index >= 15 is 0 Å². The summed E-state index contributed by atoms with van der Waals surface area (Å²) in [5.41, 5.74) is 4.77. The summed E-state index contributed by atoms with van der Waals surface area (Å²) in [7, 11) is 0. The third-order valence-electron chi connectivity index (χ3n) is 7.03. The van der Waals surface area contributed by atoms with E-state index in [9.17, 15) is 19.6 Å². The van der Waals surface area contributed by atoms with E-state index in [0.717, 1.165) is 23.2 Å². The number of rotatable bonds is 9. The van der Waals surface area contributed by atoms with E-state index in [0.29, 0.717) is 52.6 Å². The molecule has 2 aliphatic rings. The van der Waals surface area contributed by atoms with Crippen LogP contribution in [0.25, 0.3) is 0 Å². The van der Waals surface area contributed by atoms with Gasteiger partial charge in [0.15, 0.2) is 11.6 Å². The molecule has 0 aromatic heterocycles. The molecule has 0 spiro atoms. The minimum Gasteiger partial charge on any atom is -0.489 e. The highest BCUT2D eigenvalue weighted by atomic mass is 32.2. The molecule has 0 saturated carbocycles. The summed E-state index contributed by atoms with van der Waals surface area (Å²) in [6.07, 6.45) is 1.87. The number of dihydropyridines is 1. The number of thioether (sulfide) groups is 1. The minimum atomic E-state index is -0.523. The van der Waals surface area contributed by atoms with Crippen LogP contribution in [-0.2, 0) is 16.2 Å². The lowest BCUT2D eigenvalue weighted by atomic mass is 9.77. The van der Waals surface area contributed by atoms with Gasteiger partial charge in [-0.1, -0.05) is 66.4 Å². The summed E-state index contributed by atoms with van der Waals surface area (Å²) in [6.45, 7) is 1.91. The molecule has 0 unspecified atom stereocenters. The first-order valence-electron chi connectivity index (χ1n) is 13.4. The van der Waals surface area contributed by atoms with E-state index in [1.165, 1.54) is 18.7 Å². The molecule has 41 heavy (non-hydrogen) atoms. The molecule has 2 N–H and O–H groups in total. The predicted molar refractivity (Wildman–Crippen MR) is 159 cm³/mol. The number of ether oxygens (including phenoxy) is 1. The fourth-order valence-electron chi connectivity index (χ4n) is 5.02. The van der Waals surface area contributed by atoms with Gasteiger partial charge in [0.25, 0.3) is 0 Å². The Kier molecular flexibility index (Phi) is 8.66. The van der Waals surface area contributed by atoms with Crippen molar-refractivity contribution in [2.24, 2.45) is 0 Å². The average molecular weight is 564 g/mol. The maximum atomic E-state index is 13.1. The molecule has 1 heterocycles. The van der Waals surface area contributed by atoms with Crippen molar-refractivity contribution in [2.45, 2.75) is 38.7 Å². The summed E-state index contributed by atoms with van der Waals surface area (Å²) < 4.78 is 5.94. The number of carbonyl (C=O) groups is 3. The van der Waals surface area contributed by atoms with Gasteiger partial charge in [0.1, 0.15) is 12.4 Å². The maximum absolute atomic E-state index is 13.1. The lowest BCUT2D eigenvalue weighted by Crippen LogP contribution is -2.31. The number of hydrogen-bond donors (Lipinski definition) is 2. The molecule has 0 fully saturated rings. The normalized spacial score (nSPS) is 16.4. The van der Waals surface area contributed by atoms with E-state index in [2.05, 4.69) is 16.7 Å². The Hall–Kier alpha value is -4.61. The van der Waals surface area contributed by atoms with Crippen LogP contribution in [0, 0.1) is 11.3 Å². The van der Waals surface area contributed by atoms with E-state index in [-0.39, 0.29) is 23.2 Å². The van der Waals surface area contributed by atoms with Gasteiger partial charge in [-0.2, -0.15) is 5.26 Å². The first-order valence-corrected chi connectivity index (χ1v) is 14.4. The number of nitrogens with zero attached hydrogens (tertiary/aromatic N) is 1. The molecule has 0 saturated heterocycles. The molecule has 0 bridgehead atoms. The fourth-order valence-corrected chi connectivity index (χ4v) is 5.88. The number of nitriles is 1. The monoisotopic (exact) mass is 563 g/mol. The summed E-state index contributed by atoms with van der Waals surface area (Å²) in [5, 5.41) is 17.0. The van der Waals surface area contributed by atoms with Crippen molar-refractivity contribution >= 4 is 34.9 Å². The van der Waals surface area contributed by atoms with Gasteiger partial charge in [0.05, 0.1) is 28.3 Å². The highest BCUT2D eigenvalue weighted by Crippen LogP contribution is 2.44. The molecule has 3 aromatic carbocycles. The zero-order chi connectivity index (χ0) is 28.8. The van der Waals surface area contributed by atoms with Crippen LogP contribution in [0.2, 0.25) is 0 Å². The third-order valence-corrected chi connectivity index (χ3v) is 8.04. The van der Waals surface area contributed by atoms with Crippen LogP contribution in [0.1, 0.15) is 53.6 Å². The number of carbonyl (C=O) groups excluding carboxylic acids is 3. The maximum Gasteiger partial charge on any atom is 0.234 e. The minimum absolute atomic E-state index is 0.0352. The van der Waals surface area contributed by atoms with Crippen molar-refractivity contribution in [1.82, 2.24) is 5.32 Å². The highest BCUT2D eigenvalue weighted by molar-refractivity contribution is 8.03. The van der Waals surface area contributed by atoms with Gasteiger partial charge in [-0.15, -0.1) is 0 Å². The molecule has 0 radical (unpaired) electrons. The second kappa shape index (κ2) is 12.7. The number of hydrogen-bond acceptors (Lipinski definition) is 7. The van der Waals surface area contributed by atoms with Crippen molar-refractivity contribution in [3.63, 3.8) is 0 Å². The molecule has 1 atom stereocenters. The Bertz CT molecular complexity index is 1590. The van der Waals surface area contributed by atoms with E-state index in [4.69, 9.17) is 4.74 Å². The number of benzene rings is 3. The van der Waals surface area contributed by atoms with Gasteiger partial charge in [-0.05, 0) is 55.2 Å². The van der Waals surface area contributed by atoms with E-state index in [1.807, 2.05) is 54.6 Å². The molecular weight excluding hydrogens is 534 g/mol. The van der Waals surface area contributed by atoms with Crippen molar-refractivity contribution in [3.8, 4) is 11.8 Å². The molecular formula is C33H29N3O4S. The highest BCUT2D eigenvalue weighted by Gasteiger charge is 2.37. The van der Waals surface area contributed by atoms with Gasteiger partial charge >= 0.3 is 0 Å². The van der Waals surface area contributed by atoms with Crippen LogP contribution in [0.3, 0.4) is 0 Å². The SMILES string of the molecule is CC(=O)c1cccc(NC(=O)CSC2=C(C#N)[C@H](c3ccc(OCc4ccccc4)cc3)C3=C(CCCC3=O)N2)c1. The van der Waals surface area contributed by atoms with E-state index in [1.54, 1.807) is 24.3 Å². The number of allylic oxidation sites excluding steroid dienone is 3. The van der Waals surface area contributed by atoms with Gasteiger partial charge in [-0.3, -0.25) is 14.4 Å². The summed E-state index contributed by atoms with van der Waals surface area (Å²) in [6, 6.07) is 26.5. The zero-order valence-electron chi connectivity index (χ0n) is 22.6. The van der Waals surface area contributed by atoms with Gasteiger partial charge in [-0.25, -0.2) is 0 Å². The number of amides is 1. The number of nitrogens with one attached hydrogen (secondary N) is 2. The van der Waals surface area contributed by atoms with Crippen molar-refractivity contribution in [2.75, 3.05) is 11.1 Å². The topological polar surface area (TPSA) is 108 Å². The quantitative estimate of drug-likeness (QED) is 0.296. The largest absolute Gasteiger partial charge is 0.489 e. The third kappa shape index (κ3) is 6.59. The first kappa shape index (κ1) is 27.9. The van der Waals surface area contributed by atoms with Crippen LogP contribution < -0.4 is 15.4 Å². The lowest BCUT2D eigenvalue weighted by molar-refractivity contribution is -0.116. The molecule has 7 nitrogen and oxygen atoms in total. The lowest BCUT2D eigenvalue weighted by Gasteiger charge is -2.33. The number of anilines is 1. The van der Waals surface area contributed by atoms with Crippen molar-refractivity contribution in [3.05, 3.63) is 117 Å². The van der Waals surface area contributed by atoms with Crippen LogP contribution in [0.5, 0.6) is 5.75 Å². The average Bonchev–Trinajstić information content (AvgIpc) is 2.99. The van der Waals surface area contributed by atoms with Gasteiger partial charge < -0.3 is 15.4 Å². The summed E-state index contributed by atoms with van der Waals surface area (Å²) in [5.74, 6) is -0.0961. The molecule has 1 amide bonds. The number of ketones is 2. The summed E-state index contributed by atoms with van der Waals surface area (Å²) >= 11 is 1.23. The van der Waals surface area contributed by atoms with Crippen LogP contribution in [0.4, 0.5) is 5.69 Å². The van der Waals surface area contributed by atoms with Crippen LogP contribution in [-0.4, -0.2) is 23.2 Å². The standard InChI is InChI=1S/C33H29N3O4S/c1-21(37)24-9-5-10-25(17-24)35-30(39)20-41-33-27(18-34)31(32-28(36-33)11-6-12-29(32)38)23-13-15-26(16-14-23)40-19-22-7-3-2-4-8-22/h2-5,7-10,13-17,31,36H,6,11-12,19-20H2,1H3,(H,35,39)/t31-/m0/s1.